The fourth-order valence-electron chi connectivity index (χ4n) is 0.696. The maximum absolute atomic E-state index is 10.6. The molecule has 0 aliphatic heterocycles. The molecule has 0 saturated carbocycles. The summed E-state index contributed by atoms with van der Waals surface area (Å²) in [6.07, 6.45) is 0. The van der Waals surface area contributed by atoms with Crippen LogP contribution in [-0.4, -0.2) is 35.0 Å². The van der Waals surface area contributed by atoms with Crippen molar-refractivity contribution in [1.82, 2.24) is 0 Å². The van der Waals surface area contributed by atoms with Gasteiger partial charge in [0.05, 0.1) is 17.4 Å². The molecule has 0 aromatic carbocycles. The number of aliphatic carboxylic acids is 2. The third-order valence-corrected chi connectivity index (χ3v) is 2.32. The van der Waals surface area contributed by atoms with Crippen molar-refractivity contribution < 1.29 is 19.8 Å². The van der Waals surface area contributed by atoms with Crippen molar-refractivity contribution in [3.8, 4) is 0 Å². The van der Waals surface area contributed by atoms with E-state index in [9.17, 15) is 19.8 Å². The predicted molar refractivity (Wildman–Crippen MR) is 43.3 cm³/mol. The minimum atomic E-state index is -1.95. The first-order valence-corrected chi connectivity index (χ1v) is 3.57. The maximum Gasteiger partial charge on any atom is 2.00 e. The van der Waals surface area contributed by atoms with Crippen LogP contribution in [0.25, 0.3) is 0 Å². The van der Waals surface area contributed by atoms with Crippen molar-refractivity contribution in [3.63, 3.8) is 0 Å². The van der Waals surface area contributed by atoms with E-state index in [0.29, 0.717) is 0 Å². The molecule has 0 aliphatic carbocycles. The molecule has 0 aliphatic rings. The summed E-state index contributed by atoms with van der Waals surface area (Å²) in [6.45, 7) is 5.63. The molecule has 0 N–H and O–H groups in total. The summed E-state index contributed by atoms with van der Waals surface area (Å²) in [6, 6.07) is 0. The number of carbonyl (C=O) groups excluding carboxylic acids is 2. The molecule has 13 heavy (non-hydrogen) atoms. The van der Waals surface area contributed by atoms with E-state index in [1.807, 2.05) is 0 Å². The van der Waals surface area contributed by atoms with Gasteiger partial charge in [0.1, 0.15) is 0 Å². The Morgan fingerprint density at radius 3 is 1.15 bits per heavy atom. The van der Waals surface area contributed by atoms with Crippen molar-refractivity contribution in [1.29, 1.82) is 0 Å². The van der Waals surface area contributed by atoms with Gasteiger partial charge in [0.2, 0.25) is 0 Å². The fourth-order valence-corrected chi connectivity index (χ4v) is 0.696. The topological polar surface area (TPSA) is 80.3 Å². The van der Waals surface area contributed by atoms with Crippen LogP contribution in [0.1, 0.15) is 27.7 Å². The third kappa shape index (κ3) is 2.57. The SMILES string of the molecule is CC(C)(C)C(C)(C(=O)[O-])C(=O)[O-].[Mg+2]. The second kappa shape index (κ2) is 4.28. The van der Waals surface area contributed by atoms with Crippen LogP contribution in [0.2, 0.25) is 0 Å². The molecule has 0 atom stereocenters. The number of hydrogen-bond donors (Lipinski definition) is 0. The Kier molecular flexibility index (Phi) is 5.00. The van der Waals surface area contributed by atoms with Gasteiger partial charge in [0.25, 0.3) is 0 Å². The minimum Gasteiger partial charge on any atom is -0.549 e. The van der Waals surface area contributed by atoms with Gasteiger partial charge in [-0.2, -0.15) is 0 Å². The second-order valence-corrected chi connectivity index (χ2v) is 3.95. The summed E-state index contributed by atoms with van der Waals surface area (Å²) in [5, 5.41) is 21.2. The van der Waals surface area contributed by atoms with Crippen LogP contribution in [0.3, 0.4) is 0 Å². The molecular weight excluding hydrogens is 184 g/mol. The van der Waals surface area contributed by atoms with E-state index in [1.165, 1.54) is 20.8 Å². The average Bonchev–Trinajstić information content (AvgIpc) is 1.82. The fraction of sp³-hybridized carbons (Fsp3) is 0.750. The molecule has 0 spiro atoms. The van der Waals surface area contributed by atoms with E-state index in [-0.39, 0.29) is 23.1 Å². The van der Waals surface area contributed by atoms with E-state index in [0.717, 1.165) is 6.92 Å². The molecule has 0 radical (unpaired) electrons. The Morgan fingerprint density at radius 1 is 0.923 bits per heavy atom. The van der Waals surface area contributed by atoms with Crippen molar-refractivity contribution >= 4 is 35.0 Å². The first-order valence-electron chi connectivity index (χ1n) is 3.57. The molecule has 0 heterocycles. The van der Waals surface area contributed by atoms with Gasteiger partial charge >= 0.3 is 23.1 Å². The van der Waals surface area contributed by atoms with Crippen molar-refractivity contribution in [2.24, 2.45) is 10.8 Å². The standard InChI is InChI=1S/C8H14O4.Mg/c1-7(2,3)8(4,5(9)10)6(11)12;/h1-4H3,(H,9,10)(H,11,12);/q;+2/p-2. The van der Waals surface area contributed by atoms with E-state index >= 15 is 0 Å². The number of rotatable bonds is 2. The monoisotopic (exact) mass is 196 g/mol. The molecule has 0 unspecified atom stereocenters. The first kappa shape index (κ1) is 15.2. The van der Waals surface area contributed by atoms with Crippen molar-refractivity contribution in [2.75, 3.05) is 0 Å². The average molecular weight is 196 g/mol. The first-order chi connectivity index (χ1) is 5.14. The van der Waals surface area contributed by atoms with Crippen LogP contribution in [0.5, 0.6) is 0 Å². The number of carboxylic acid groups (broad SMARTS) is 2. The van der Waals surface area contributed by atoms with Gasteiger partial charge in [-0.3, -0.25) is 0 Å². The van der Waals surface area contributed by atoms with Crippen LogP contribution in [-0.2, 0) is 9.59 Å². The summed E-state index contributed by atoms with van der Waals surface area (Å²) in [7, 11) is 0. The zero-order valence-corrected chi connectivity index (χ0v) is 9.75. The summed E-state index contributed by atoms with van der Waals surface area (Å²) in [4.78, 5) is 21.2. The van der Waals surface area contributed by atoms with Gasteiger partial charge in [-0.15, -0.1) is 0 Å². The Bertz CT molecular complexity index is 203. The molecule has 70 valence electrons. The molecule has 0 aromatic rings. The summed E-state index contributed by atoms with van der Waals surface area (Å²) in [5.41, 5.74) is -2.88. The van der Waals surface area contributed by atoms with Crippen molar-refractivity contribution in [3.05, 3.63) is 0 Å². The zero-order valence-electron chi connectivity index (χ0n) is 8.34. The Labute approximate surface area is 93.5 Å². The molecule has 5 heteroatoms. The van der Waals surface area contributed by atoms with Crippen LogP contribution >= 0.6 is 0 Å². The summed E-state index contributed by atoms with van der Waals surface area (Å²) in [5.74, 6) is -3.23. The number of carbonyl (C=O) groups is 2. The molecule has 0 bridgehead atoms. The van der Waals surface area contributed by atoms with Crippen LogP contribution in [0.15, 0.2) is 0 Å². The summed E-state index contributed by atoms with van der Waals surface area (Å²) >= 11 is 0. The van der Waals surface area contributed by atoms with E-state index < -0.39 is 22.8 Å². The number of hydrogen-bond acceptors (Lipinski definition) is 4. The molecule has 0 saturated heterocycles. The molecular formula is C8H12MgO4. The van der Waals surface area contributed by atoms with Crippen LogP contribution in [0.4, 0.5) is 0 Å². The Hall–Kier alpha value is -0.294. The Morgan fingerprint density at radius 2 is 1.15 bits per heavy atom. The van der Waals surface area contributed by atoms with Crippen molar-refractivity contribution in [2.45, 2.75) is 27.7 Å². The quantitative estimate of drug-likeness (QED) is 0.384. The second-order valence-electron chi connectivity index (χ2n) is 3.95. The normalized spacial score (nSPS) is 11.7. The maximum atomic E-state index is 10.6. The molecule has 0 rings (SSSR count). The molecule has 0 aromatic heterocycles. The van der Waals surface area contributed by atoms with Crippen LogP contribution < -0.4 is 10.2 Å². The largest absolute Gasteiger partial charge is 2.00 e. The predicted octanol–water partition coefficient (Wildman–Crippen LogP) is -1.84. The summed E-state index contributed by atoms with van der Waals surface area (Å²) < 4.78 is 0. The molecule has 0 amide bonds. The van der Waals surface area contributed by atoms with Crippen LogP contribution in [0, 0.1) is 10.8 Å². The Balaban J connectivity index is 0. The van der Waals surface area contributed by atoms with Gasteiger partial charge in [-0.1, -0.05) is 20.8 Å². The molecule has 0 fully saturated rings. The molecule has 4 nitrogen and oxygen atoms in total. The van der Waals surface area contributed by atoms with E-state index in [4.69, 9.17) is 0 Å². The number of carboxylic acids is 2. The van der Waals surface area contributed by atoms with E-state index in [1.54, 1.807) is 0 Å². The van der Waals surface area contributed by atoms with Gasteiger partial charge in [0, 0.05) is 0 Å². The van der Waals surface area contributed by atoms with Gasteiger partial charge < -0.3 is 19.8 Å². The van der Waals surface area contributed by atoms with E-state index in [2.05, 4.69) is 0 Å². The van der Waals surface area contributed by atoms with Gasteiger partial charge in [0.15, 0.2) is 0 Å². The van der Waals surface area contributed by atoms with Gasteiger partial charge in [-0.25, -0.2) is 0 Å². The van der Waals surface area contributed by atoms with Gasteiger partial charge in [-0.05, 0) is 12.3 Å². The zero-order chi connectivity index (χ0) is 10.2. The third-order valence-electron chi connectivity index (χ3n) is 2.32. The minimum absolute atomic E-state index is 0. The smallest absolute Gasteiger partial charge is 0.549 e.